The number of rotatable bonds is 12. The fraction of sp³-hybridized carbons (Fsp3) is 0.100. The molecule has 1 aliphatic rings. The van der Waals surface area contributed by atoms with Gasteiger partial charge in [-0.15, -0.1) is 0 Å². The third-order valence-corrected chi connectivity index (χ3v) is 9.64. The predicted octanol–water partition coefficient (Wildman–Crippen LogP) is 9.03. The maximum Gasteiger partial charge on any atom is 0.285 e. The van der Waals surface area contributed by atoms with E-state index in [2.05, 4.69) is 55.4 Å². The number of benzene rings is 4. The maximum atomic E-state index is 14.2. The van der Waals surface area contributed by atoms with Crippen molar-refractivity contribution in [3.05, 3.63) is 176 Å². The van der Waals surface area contributed by atoms with Gasteiger partial charge in [0.1, 0.15) is 17.9 Å². The van der Waals surface area contributed by atoms with Crippen LogP contribution in [0.4, 0.5) is 0 Å². The van der Waals surface area contributed by atoms with Crippen LogP contribution in [0.5, 0.6) is 5.75 Å². The zero-order valence-electron chi connectivity index (χ0n) is 27.1. The Hall–Kier alpha value is -4.52. The lowest BCUT2D eigenvalue weighted by atomic mass is 9.99. The van der Waals surface area contributed by atoms with Crippen molar-refractivity contribution in [2.75, 3.05) is 5.75 Å². The summed E-state index contributed by atoms with van der Waals surface area (Å²) in [5.41, 5.74) is 3.68. The first-order valence-corrected chi connectivity index (χ1v) is 18.5. The van der Waals surface area contributed by atoms with Crippen LogP contribution in [-0.4, -0.2) is 33.5 Å². The Morgan fingerprint density at radius 3 is 2.28 bits per heavy atom. The van der Waals surface area contributed by atoms with Gasteiger partial charge in [-0.1, -0.05) is 125 Å². The van der Waals surface area contributed by atoms with E-state index in [-0.39, 0.29) is 28.4 Å². The first kappa shape index (κ1) is 36.8. The van der Waals surface area contributed by atoms with E-state index in [1.807, 2.05) is 91.0 Å². The summed E-state index contributed by atoms with van der Waals surface area (Å²) in [5.74, 6) is -1.17. The fourth-order valence-corrected chi connectivity index (χ4v) is 6.60. The van der Waals surface area contributed by atoms with Gasteiger partial charge >= 0.3 is 0 Å². The van der Waals surface area contributed by atoms with E-state index in [1.165, 1.54) is 11.0 Å². The van der Waals surface area contributed by atoms with Crippen molar-refractivity contribution in [1.29, 1.82) is 0 Å². The molecule has 10 heteroatoms. The highest BCUT2D eigenvalue weighted by atomic mass is 127. The molecule has 0 fully saturated rings. The van der Waals surface area contributed by atoms with E-state index in [0.29, 0.717) is 23.6 Å². The standard InChI is InChI=1S/C40H33BrIN3O4S/c1-3-5-16-33(4-2)45-39(48)34(24-30-23-31(41)19-22-35(30)49-25-27-17-20-32(42)21-18-27)38(47)44-40(45)50-26-36(46)43-37(28-12-8-6-9-13-28)29-14-10-7-11-15-29/h3-24,37H,1,25-26H2,2H3,(H,43,46)/b16-5-,33-4+,34-24+. The lowest BCUT2D eigenvalue weighted by Crippen LogP contribution is -2.42. The third-order valence-electron chi connectivity index (χ3n) is 7.49. The van der Waals surface area contributed by atoms with Crippen molar-refractivity contribution in [1.82, 2.24) is 10.2 Å². The van der Waals surface area contributed by atoms with Crippen molar-refractivity contribution < 1.29 is 19.1 Å². The molecule has 1 N–H and O–H groups in total. The number of allylic oxidation sites excluding steroid dienone is 4. The normalized spacial score (nSPS) is 14.3. The van der Waals surface area contributed by atoms with Crippen LogP contribution in [0, 0.1) is 3.57 Å². The molecule has 1 aliphatic heterocycles. The van der Waals surface area contributed by atoms with E-state index in [9.17, 15) is 14.4 Å². The second kappa shape index (κ2) is 17.9. The van der Waals surface area contributed by atoms with Crippen molar-refractivity contribution in [3.63, 3.8) is 0 Å². The zero-order chi connectivity index (χ0) is 35.5. The number of carbonyl (C=O) groups excluding carboxylic acids is 3. The fourth-order valence-electron chi connectivity index (χ4n) is 5.05. The topological polar surface area (TPSA) is 88.1 Å². The van der Waals surface area contributed by atoms with Crippen LogP contribution in [0.2, 0.25) is 0 Å². The minimum Gasteiger partial charge on any atom is -0.488 e. The summed E-state index contributed by atoms with van der Waals surface area (Å²) in [5, 5.41) is 3.20. The molecule has 0 atom stereocenters. The average Bonchev–Trinajstić information content (AvgIpc) is 3.13. The van der Waals surface area contributed by atoms with Crippen LogP contribution in [0.25, 0.3) is 6.08 Å². The number of hydrogen-bond acceptors (Lipinski definition) is 5. The summed E-state index contributed by atoms with van der Waals surface area (Å²) in [4.78, 5) is 46.9. The summed E-state index contributed by atoms with van der Waals surface area (Å²) in [7, 11) is 0. The minimum absolute atomic E-state index is 0.0879. The second-order valence-electron chi connectivity index (χ2n) is 10.9. The highest BCUT2D eigenvalue weighted by Gasteiger charge is 2.35. The predicted molar refractivity (Wildman–Crippen MR) is 213 cm³/mol. The molecule has 4 aromatic carbocycles. The molecular formula is C40H33BrIN3O4S. The molecule has 0 bridgehead atoms. The summed E-state index contributed by atoms with van der Waals surface area (Å²) < 4.78 is 8.00. The quantitative estimate of drug-likeness (QED) is 0.0666. The molecule has 0 aromatic heterocycles. The van der Waals surface area contributed by atoms with Crippen LogP contribution in [0.1, 0.15) is 35.2 Å². The highest BCUT2D eigenvalue weighted by molar-refractivity contribution is 14.1. The first-order valence-electron chi connectivity index (χ1n) is 15.6. The second-order valence-corrected chi connectivity index (χ2v) is 14.0. The Labute approximate surface area is 318 Å². The molecule has 0 saturated heterocycles. The van der Waals surface area contributed by atoms with E-state index < -0.39 is 11.8 Å². The number of carbonyl (C=O) groups is 3. The van der Waals surface area contributed by atoms with Gasteiger partial charge in [0.15, 0.2) is 5.17 Å². The highest BCUT2D eigenvalue weighted by Crippen LogP contribution is 2.31. The number of hydrogen-bond donors (Lipinski definition) is 1. The molecule has 3 amide bonds. The van der Waals surface area contributed by atoms with Crippen LogP contribution in [0.15, 0.2) is 155 Å². The van der Waals surface area contributed by atoms with Crippen LogP contribution in [-0.2, 0) is 21.0 Å². The number of ether oxygens (including phenoxy) is 1. The van der Waals surface area contributed by atoms with Gasteiger partial charge in [0.2, 0.25) is 5.91 Å². The number of amidine groups is 1. The summed E-state index contributed by atoms with van der Waals surface area (Å²) in [6.07, 6.45) is 8.20. The number of thioether (sulfide) groups is 1. The Balaban J connectivity index is 1.42. The van der Waals surface area contributed by atoms with Gasteiger partial charge in [-0.05, 0) is 88.7 Å². The molecule has 1 heterocycles. The molecule has 7 nitrogen and oxygen atoms in total. The Bertz CT molecular complexity index is 1950. The molecule has 0 radical (unpaired) electrons. The van der Waals surface area contributed by atoms with E-state index in [4.69, 9.17) is 4.74 Å². The molecule has 252 valence electrons. The summed E-state index contributed by atoms with van der Waals surface area (Å²) >= 11 is 6.76. The first-order chi connectivity index (χ1) is 24.3. The Morgan fingerprint density at radius 2 is 1.66 bits per heavy atom. The SMILES string of the molecule is C=C/C=C\C(=C/C)N1C(=O)/C(=C/c2cc(Br)ccc2OCc2ccc(I)cc2)C(=O)N=C1SCC(=O)NC(c1ccccc1)c1ccccc1. The van der Waals surface area contributed by atoms with E-state index in [0.717, 1.165) is 36.5 Å². The van der Waals surface area contributed by atoms with Gasteiger partial charge in [0.25, 0.3) is 11.8 Å². The van der Waals surface area contributed by atoms with Crippen LogP contribution < -0.4 is 10.1 Å². The van der Waals surface area contributed by atoms with Crippen molar-refractivity contribution in [3.8, 4) is 5.75 Å². The van der Waals surface area contributed by atoms with Gasteiger partial charge in [-0.2, -0.15) is 4.99 Å². The molecule has 5 rings (SSSR count). The molecule has 0 saturated carbocycles. The molecule has 0 spiro atoms. The number of amides is 3. The Morgan fingerprint density at radius 1 is 1.00 bits per heavy atom. The minimum atomic E-state index is -0.715. The Kier molecular flexibility index (Phi) is 13.2. The number of nitrogens with one attached hydrogen (secondary N) is 1. The number of nitrogens with zero attached hydrogens (tertiary/aromatic N) is 2. The smallest absolute Gasteiger partial charge is 0.285 e. The zero-order valence-corrected chi connectivity index (χ0v) is 31.7. The largest absolute Gasteiger partial charge is 0.488 e. The molecule has 0 aliphatic carbocycles. The van der Waals surface area contributed by atoms with E-state index in [1.54, 1.807) is 43.4 Å². The summed E-state index contributed by atoms with van der Waals surface area (Å²) in [6.45, 7) is 5.82. The number of aliphatic imine (C=N–C) groups is 1. The summed E-state index contributed by atoms with van der Waals surface area (Å²) in [6, 6.07) is 32.3. The molecule has 4 aromatic rings. The molecule has 50 heavy (non-hydrogen) atoms. The van der Waals surface area contributed by atoms with Crippen LogP contribution >= 0.6 is 50.3 Å². The van der Waals surface area contributed by atoms with Gasteiger partial charge < -0.3 is 10.1 Å². The van der Waals surface area contributed by atoms with Gasteiger partial charge in [0, 0.05) is 19.3 Å². The lowest BCUT2D eigenvalue weighted by Gasteiger charge is -2.28. The van der Waals surface area contributed by atoms with Gasteiger partial charge in [-0.3, -0.25) is 19.3 Å². The van der Waals surface area contributed by atoms with Gasteiger partial charge in [0.05, 0.1) is 11.8 Å². The monoisotopic (exact) mass is 857 g/mol. The molecule has 0 unspecified atom stereocenters. The average molecular weight is 859 g/mol. The third kappa shape index (κ3) is 9.58. The maximum absolute atomic E-state index is 14.2. The van der Waals surface area contributed by atoms with E-state index >= 15 is 0 Å². The van der Waals surface area contributed by atoms with Crippen molar-refractivity contribution in [2.45, 2.75) is 19.6 Å². The number of halogens is 2. The molecular weight excluding hydrogens is 825 g/mol. The van der Waals surface area contributed by atoms with Gasteiger partial charge in [-0.25, -0.2) is 0 Å². The van der Waals surface area contributed by atoms with Crippen LogP contribution in [0.3, 0.4) is 0 Å². The van der Waals surface area contributed by atoms with Crippen molar-refractivity contribution in [2.24, 2.45) is 4.99 Å². The lowest BCUT2D eigenvalue weighted by molar-refractivity contribution is -0.126. The van der Waals surface area contributed by atoms with Crippen molar-refractivity contribution >= 4 is 79.2 Å².